The SMILES string of the molecule is CCC[C@H](O[Si](C)(C)C(C)(C)C)C(=O)NC[C@H](C[C@@H]1OC(C)(C)O[C@@H]1CC/C(=C/C=C/[C@H](CC)CCCC1(CCCC[C@@H](C)C[C@H](C)CO)OCCO1)COC)OCOC. The van der Waals surface area contributed by atoms with Gasteiger partial charge in [-0.1, -0.05) is 86.0 Å². The van der Waals surface area contributed by atoms with Crippen molar-refractivity contribution in [2.75, 3.05) is 54.0 Å². The van der Waals surface area contributed by atoms with Gasteiger partial charge in [0.15, 0.2) is 19.9 Å². The van der Waals surface area contributed by atoms with E-state index >= 15 is 0 Å². The van der Waals surface area contributed by atoms with Gasteiger partial charge in [-0.05, 0) is 107 Å². The van der Waals surface area contributed by atoms with Crippen molar-refractivity contribution >= 4 is 14.2 Å². The van der Waals surface area contributed by atoms with E-state index in [1.807, 2.05) is 13.8 Å². The predicted octanol–water partition coefficient (Wildman–Crippen LogP) is 10.3. The molecule has 2 aliphatic heterocycles. The van der Waals surface area contributed by atoms with Gasteiger partial charge in [-0.3, -0.25) is 4.79 Å². The highest BCUT2D eigenvalue weighted by molar-refractivity contribution is 6.74. The second-order valence-electron chi connectivity index (χ2n) is 19.8. The summed E-state index contributed by atoms with van der Waals surface area (Å²) in [5.41, 5.74) is 1.20. The van der Waals surface area contributed by atoms with Crippen molar-refractivity contribution in [2.24, 2.45) is 17.8 Å². The number of hydrogen-bond donors (Lipinski definition) is 2. The summed E-state index contributed by atoms with van der Waals surface area (Å²) in [5.74, 6) is 0.193. The van der Waals surface area contributed by atoms with Crippen molar-refractivity contribution in [3.63, 3.8) is 0 Å². The lowest BCUT2D eigenvalue weighted by Crippen LogP contribution is -2.50. The van der Waals surface area contributed by atoms with Crippen LogP contribution in [0.1, 0.15) is 152 Å². The van der Waals surface area contributed by atoms with Crippen LogP contribution in [0.4, 0.5) is 0 Å². The molecule has 2 saturated heterocycles. The quantitative estimate of drug-likeness (QED) is 0.0292. The number of allylic oxidation sites excluding steroid dienone is 3. The predicted molar refractivity (Wildman–Crippen MR) is 244 cm³/mol. The van der Waals surface area contributed by atoms with Crippen molar-refractivity contribution in [1.82, 2.24) is 5.32 Å². The Morgan fingerprint density at radius 2 is 1.63 bits per heavy atom. The zero-order chi connectivity index (χ0) is 44.8. The Kier molecular flexibility index (Phi) is 25.5. The highest BCUT2D eigenvalue weighted by atomic mass is 28.4. The third-order valence-electron chi connectivity index (χ3n) is 12.7. The minimum atomic E-state index is -2.14. The molecule has 7 atom stereocenters. The fraction of sp³-hybridized carbons (Fsp3) is 0.896. The summed E-state index contributed by atoms with van der Waals surface area (Å²) in [6.45, 7) is 26.2. The monoisotopic (exact) mass is 870 g/mol. The molecular formula is C48H91NO10Si. The lowest BCUT2D eigenvalue weighted by atomic mass is 9.91. The molecule has 60 heavy (non-hydrogen) atoms. The van der Waals surface area contributed by atoms with Gasteiger partial charge in [0, 0.05) is 46.6 Å². The van der Waals surface area contributed by atoms with Crippen LogP contribution in [0, 0.1) is 17.8 Å². The van der Waals surface area contributed by atoms with Crippen LogP contribution in [-0.2, 0) is 42.4 Å². The Labute approximate surface area is 367 Å². The topological polar surface area (TPSA) is 123 Å². The van der Waals surface area contributed by atoms with Gasteiger partial charge in [-0.25, -0.2) is 0 Å². The van der Waals surface area contributed by atoms with Crippen LogP contribution in [-0.4, -0.2) is 109 Å². The zero-order valence-electron chi connectivity index (χ0n) is 40.5. The first-order chi connectivity index (χ1) is 28.3. The molecule has 0 aromatic carbocycles. The van der Waals surface area contributed by atoms with E-state index in [1.54, 1.807) is 14.2 Å². The summed E-state index contributed by atoms with van der Waals surface area (Å²) in [5, 5.41) is 12.5. The second kappa shape index (κ2) is 27.9. The van der Waals surface area contributed by atoms with Gasteiger partial charge >= 0.3 is 0 Å². The van der Waals surface area contributed by atoms with Gasteiger partial charge in [0.2, 0.25) is 5.91 Å². The Bertz CT molecular complexity index is 1230. The largest absolute Gasteiger partial charge is 0.405 e. The molecule has 0 aromatic heterocycles. The lowest BCUT2D eigenvalue weighted by Gasteiger charge is -2.39. The van der Waals surface area contributed by atoms with Crippen molar-refractivity contribution in [1.29, 1.82) is 0 Å². The van der Waals surface area contributed by atoms with Crippen LogP contribution < -0.4 is 5.32 Å². The maximum atomic E-state index is 13.5. The van der Waals surface area contributed by atoms with E-state index in [2.05, 4.69) is 85.1 Å². The molecule has 0 aromatic rings. The number of hydrogen-bond acceptors (Lipinski definition) is 10. The summed E-state index contributed by atoms with van der Waals surface area (Å²) in [4.78, 5) is 13.5. The molecule has 2 N–H and O–H groups in total. The van der Waals surface area contributed by atoms with Gasteiger partial charge in [-0.15, -0.1) is 0 Å². The molecule has 352 valence electrons. The van der Waals surface area contributed by atoms with Crippen molar-refractivity contribution < 1.29 is 47.5 Å². The smallest absolute Gasteiger partial charge is 0.247 e. The highest BCUT2D eigenvalue weighted by Gasteiger charge is 2.43. The lowest BCUT2D eigenvalue weighted by molar-refractivity contribution is -0.169. The van der Waals surface area contributed by atoms with Crippen LogP contribution in [0.3, 0.4) is 0 Å². The van der Waals surface area contributed by atoms with Crippen LogP contribution in [0.15, 0.2) is 23.8 Å². The van der Waals surface area contributed by atoms with Crippen LogP contribution >= 0.6 is 0 Å². The summed E-state index contributed by atoms with van der Waals surface area (Å²) in [6.07, 6.45) is 18.8. The number of aliphatic hydroxyl groups excluding tert-OH is 1. The molecule has 0 aliphatic carbocycles. The average Bonchev–Trinajstić information content (AvgIpc) is 3.77. The summed E-state index contributed by atoms with van der Waals surface area (Å²) in [7, 11) is 1.20. The molecule has 0 radical (unpaired) electrons. The van der Waals surface area contributed by atoms with E-state index in [-0.39, 0.29) is 42.7 Å². The fourth-order valence-corrected chi connectivity index (χ4v) is 9.46. The van der Waals surface area contributed by atoms with E-state index in [9.17, 15) is 9.90 Å². The maximum absolute atomic E-state index is 13.5. The standard InChI is InChI=1S/C48H91NO10Si/c1-14-20-43(59-60(12,13)46(5,6)7)45(51)49-33-41(54-36-53-11)32-44-42(57-47(8,9)58-44)26-25-40(35-52-10)23-18-22-39(15-2)24-19-28-48(55-29-30-56-48)27-17-16-21-37(3)31-38(4)34-50/h18,22-23,37-39,41-44,50H,14-17,19-21,24-36H2,1-13H3,(H,49,51)/b22-18+,40-23-/t37-,38+,39+,41+,42-,43+,44+/m1/s1. The molecule has 1 amide bonds. The zero-order valence-corrected chi connectivity index (χ0v) is 41.5. The number of methoxy groups -OCH3 is 2. The summed E-state index contributed by atoms with van der Waals surface area (Å²) >= 11 is 0. The minimum Gasteiger partial charge on any atom is -0.405 e. The average molecular weight is 870 g/mol. The van der Waals surface area contributed by atoms with Crippen molar-refractivity contribution in [3.8, 4) is 0 Å². The molecule has 2 heterocycles. The number of nitrogens with one attached hydrogen (secondary N) is 1. The number of ether oxygens (including phenoxy) is 7. The van der Waals surface area contributed by atoms with Gasteiger partial charge in [0.1, 0.15) is 12.9 Å². The maximum Gasteiger partial charge on any atom is 0.247 e. The molecule has 12 heteroatoms. The van der Waals surface area contributed by atoms with E-state index in [4.69, 9.17) is 37.6 Å². The molecule has 2 rings (SSSR count). The Morgan fingerprint density at radius 3 is 2.25 bits per heavy atom. The van der Waals surface area contributed by atoms with E-state index in [1.165, 1.54) is 18.4 Å². The van der Waals surface area contributed by atoms with Crippen LogP contribution in [0.25, 0.3) is 0 Å². The Morgan fingerprint density at radius 1 is 0.950 bits per heavy atom. The number of amides is 1. The van der Waals surface area contributed by atoms with E-state index in [0.29, 0.717) is 57.0 Å². The molecule has 0 bridgehead atoms. The first kappa shape index (κ1) is 54.9. The normalized spacial score (nSPS) is 22.3. The molecular weight excluding hydrogens is 779 g/mol. The summed E-state index contributed by atoms with van der Waals surface area (Å²) in [6, 6.07) is 0. The number of carbonyl (C=O) groups is 1. The van der Waals surface area contributed by atoms with E-state index < -0.39 is 26.0 Å². The number of rotatable bonds is 32. The Hall–Kier alpha value is -1.19. The third kappa shape index (κ3) is 20.5. The first-order valence-corrected chi connectivity index (χ1v) is 26.4. The molecule has 0 unspecified atom stereocenters. The molecule has 0 spiro atoms. The van der Waals surface area contributed by atoms with Crippen molar-refractivity contribution in [3.05, 3.63) is 23.8 Å². The fourth-order valence-electron chi connectivity index (χ4n) is 8.17. The molecule has 2 fully saturated rings. The second-order valence-corrected chi connectivity index (χ2v) is 24.5. The van der Waals surface area contributed by atoms with Gasteiger partial charge in [0.05, 0.1) is 38.1 Å². The molecule has 2 aliphatic rings. The van der Waals surface area contributed by atoms with E-state index in [0.717, 1.165) is 64.2 Å². The van der Waals surface area contributed by atoms with Crippen LogP contribution in [0.2, 0.25) is 18.1 Å². The number of carbonyl (C=O) groups excluding carboxylic acids is 1. The molecule has 0 saturated carbocycles. The van der Waals surface area contributed by atoms with Gasteiger partial charge in [-0.2, -0.15) is 0 Å². The Balaban J connectivity index is 1.99. The van der Waals surface area contributed by atoms with Crippen LogP contribution in [0.5, 0.6) is 0 Å². The van der Waals surface area contributed by atoms with Gasteiger partial charge in [0.25, 0.3) is 0 Å². The minimum absolute atomic E-state index is 0.00296. The first-order valence-electron chi connectivity index (χ1n) is 23.5. The number of aliphatic hydroxyl groups is 1. The number of unbranched alkanes of at least 4 members (excludes halogenated alkanes) is 1. The van der Waals surface area contributed by atoms with Gasteiger partial charge < -0.3 is 48.0 Å². The highest BCUT2D eigenvalue weighted by Crippen LogP contribution is 2.38. The third-order valence-corrected chi connectivity index (χ3v) is 17.2. The molecule has 11 nitrogen and oxygen atoms in total. The summed E-state index contributed by atoms with van der Waals surface area (Å²) < 4.78 is 49.0. The van der Waals surface area contributed by atoms with Crippen molar-refractivity contribution in [2.45, 2.75) is 206 Å².